The van der Waals surface area contributed by atoms with Crippen LogP contribution in [-0.2, 0) is 4.79 Å². The second-order valence-corrected chi connectivity index (χ2v) is 8.21. The molecule has 7 nitrogen and oxygen atoms in total. The van der Waals surface area contributed by atoms with Crippen molar-refractivity contribution >= 4 is 29.3 Å². The summed E-state index contributed by atoms with van der Waals surface area (Å²) >= 11 is 7.46. The van der Waals surface area contributed by atoms with Gasteiger partial charge in [0.05, 0.1) is 5.75 Å². The van der Waals surface area contributed by atoms with Crippen molar-refractivity contribution in [1.29, 1.82) is 0 Å². The van der Waals surface area contributed by atoms with Crippen molar-refractivity contribution in [2.75, 3.05) is 39.0 Å². The van der Waals surface area contributed by atoms with E-state index in [0.29, 0.717) is 21.8 Å². The largest absolute Gasteiger partial charge is 0.339 e. The van der Waals surface area contributed by atoms with E-state index < -0.39 is 0 Å². The zero-order valence-corrected chi connectivity index (χ0v) is 17.6. The molecule has 2 aromatic heterocycles. The van der Waals surface area contributed by atoms with Gasteiger partial charge in [-0.25, -0.2) is 0 Å². The van der Waals surface area contributed by atoms with Gasteiger partial charge in [0.25, 0.3) is 0 Å². The van der Waals surface area contributed by atoms with Gasteiger partial charge in [0.2, 0.25) is 5.91 Å². The Balaban J connectivity index is 1.59. The van der Waals surface area contributed by atoms with E-state index in [2.05, 4.69) is 27.1 Å². The molecule has 0 bridgehead atoms. The predicted molar refractivity (Wildman–Crippen MR) is 114 cm³/mol. The van der Waals surface area contributed by atoms with Crippen LogP contribution in [0.25, 0.3) is 17.1 Å². The summed E-state index contributed by atoms with van der Waals surface area (Å²) in [7, 11) is 2.08. The first kappa shape index (κ1) is 19.9. The van der Waals surface area contributed by atoms with Crippen molar-refractivity contribution < 1.29 is 4.79 Å². The quantitative estimate of drug-likeness (QED) is 0.582. The van der Waals surface area contributed by atoms with Crippen LogP contribution in [-0.4, -0.2) is 74.4 Å². The lowest BCUT2D eigenvalue weighted by Gasteiger charge is -2.32. The number of piperazine rings is 1. The molecule has 29 heavy (non-hydrogen) atoms. The molecule has 0 spiro atoms. The second-order valence-electron chi connectivity index (χ2n) is 6.83. The van der Waals surface area contributed by atoms with Gasteiger partial charge in [-0.05, 0) is 43.4 Å². The highest BCUT2D eigenvalue weighted by Gasteiger charge is 2.21. The highest BCUT2D eigenvalue weighted by molar-refractivity contribution is 7.99. The molecule has 1 aliphatic heterocycles. The smallest absolute Gasteiger partial charge is 0.233 e. The molecular formula is C20H21ClN6OS. The first-order valence-corrected chi connectivity index (χ1v) is 10.7. The van der Waals surface area contributed by atoms with Crippen LogP contribution in [0.4, 0.5) is 0 Å². The Labute approximate surface area is 178 Å². The summed E-state index contributed by atoms with van der Waals surface area (Å²) in [5.74, 6) is 1.15. The monoisotopic (exact) mass is 428 g/mol. The van der Waals surface area contributed by atoms with E-state index in [-0.39, 0.29) is 5.91 Å². The van der Waals surface area contributed by atoms with Gasteiger partial charge in [-0.2, -0.15) is 0 Å². The number of rotatable bonds is 5. The minimum Gasteiger partial charge on any atom is -0.339 e. The number of carbonyl (C=O) groups is 1. The van der Waals surface area contributed by atoms with Gasteiger partial charge in [-0.3, -0.25) is 14.3 Å². The summed E-state index contributed by atoms with van der Waals surface area (Å²) < 4.78 is 1.95. The standard InChI is InChI=1S/C20H21ClN6OS/c1-25-10-12-26(13-11-25)18(28)14-29-20-24-23-19(15-6-8-22-9-7-15)27(20)17-4-2-16(21)3-5-17/h2-9H,10-14H2,1H3. The van der Waals surface area contributed by atoms with Gasteiger partial charge in [-0.1, -0.05) is 23.4 Å². The number of aromatic nitrogens is 4. The molecule has 0 radical (unpaired) electrons. The van der Waals surface area contributed by atoms with Crippen LogP contribution in [0.15, 0.2) is 53.9 Å². The van der Waals surface area contributed by atoms with Crippen LogP contribution < -0.4 is 0 Å². The van der Waals surface area contributed by atoms with Crippen LogP contribution >= 0.6 is 23.4 Å². The Kier molecular flexibility index (Phi) is 6.13. The highest BCUT2D eigenvalue weighted by atomic mass is 35.5. The molecule has 3 aromatic rings. The maximum Gasteiger partial charge on any atom is 0.233 e. The minimum atomic E-state index is 0.124. The van der Waals surface area contributed by atoms with Crippen molar-refractivity contribution in [3.8, 4) is 17.1 Å². The molecule has 1 aromatic carbocycles. The molecule has 1 fully saturated rings. The van der Waals surface area contributed by atoms with E-state index in [1.165, 1.54) is 11.8 Å². The molecule has 4 rings (SSSR count). The van der Waals surface area contributed by atoms with Crippen LogP contribution in [0, 0.1) is 0 Å². The minimum absolute atomic E-state index is 0.124. The Morgan fingerprint density at radius 2 is 1.72 bits per heavy atom. The third-order valence-electron chi connectivity index (χ3n) is 4.84. The van der Waals surface area contributed by atoms with Gasteiger partial charge < -0.3 is 9.80 Å². The molecular weight excluding hydrogens is 408 g/mol. The summed E-state index contributed by atoms with van der Waals surface area (Å²) in [4.78, 5) is 20.9. The second kappa shape index (κ2) is 8.94. The van der Waals surface area contributed by atoms with Gasteiger partial charge in [0, 0.05) is 54.8 Å². The molecule has 0 aliphatic carbocycles. The normalized spacial score (nSPS) is 14.9. The van der Waals surface area contributed by atoms with Crippen molar-refractivity contribution in [2.24, 2.45) is 0 Å². The number of amides is 1. The van der Waals surface area contributed by atoms with Gasteiger partial charge in [-0.15, -0.1) is 10.2 Å². The summed E-state index contributed by atoms with van der Waals surface area (Å²) in [5.41, 5.74) is 1.79. The van der Waals surface area contributed by atoms with Crippen LogP contribution in [0.1, 0.15) is 0 Å². The number of likely N-dealkylation sites (N-methyl/N-ethyl adjacent to an activating group) is 1. The topological polar surface area (TPSA) is 67.2 Å². The fourth-order valence-electron chi connectivity index (χ4n) is 3.15. The number of benzene rings is 1. The Morgan fingerprint density at radius 1 is 1.03 bits per heavy atom. The fourth-order valence-corrected chi connectivity index (χ4v) is 4.13. The Morgan fingerprint density at radius 3 is 2.41 bits per heavy atom. The van der Waals surface area contributed by atoms with E-state index in [4.69, 9.17) is 11.6 Å². The van der Waals surface area contributed by atoms with Crippen molar-refractivity contribution in [3.05, 3.63) is 53.8 Å². The van der Waals surface area contributed by atoms with Gasteiger partial charge in [0.15, 0.2) is 11.0 Å². The zero-order chi connectivity index (χ0) is 20.2. The Bertz CT molecular complexity index is 970. The molecule has 1 amide bonds. The molecule has 1 saturated heterocycles. The van der Waals surface area contributed by atoms with Crippen LogP contribution in [0.2, 0.25) is 5.02 Å². The molecule has 0 unspecified atom stereocenters. The number of nitrogens with zero attached hydrogens (tertiary/aromatic N) is 6. The van der Waals surface area contributed by atoms with Crippen LogP contribution in [0.3, 0.4) is 0 Å². The number of hydrogen-bond acceptors (Lipinski definition) is 6. The molecule has 150 valence electrons. The average molecular weight is 429 g/mol. The number of hydrogen-bond donors (Lipinski definition) is 0. The van der Waals surface area contributed by atoms with E-state index >= 15 is 0 Å². The van der Waals surface area contributed by atoms with E-state index in [9.17, 15) is 4.79 Å². The number of carbonyl (C=O) groups excluding carboxylic acids is 1. The summed E-state index contributed by atoms with van der Waals surface area (Å²) in [5, 5.41) is 10.1. The lowest BCUT2D eigenvalue weighted by atomic mass is 10.2. The zero-order valence-electron chi connectivity index (χ0n) is 16.0. The first-order valence-electron chi connectivity index (χ1n) is 9.33. The molecule has 0 N–H and O–H groups in total. The maximum atomic E-state index is 12.7. The average Bonchev–Trinajstić information content (AvgIpc) is 3.17. The molecule has 1 aliphatic rings. The number of pyridine rings is 1. The van der Waals surface area contributed by atoms with Gasteiger partial charge in [0.1, 0.15) is 0 Å². The van der Waals surface area contributed by atoms with E-state index in [1.807, 2.05) is 45.9 Å². The van der Waals surface area contributed by atoms with Crippen LogP contribution in [0.5, 0.6) is 0 Å². The molecule has 0 atom stereocenters. The third-order valence-corrected chi connectivity index (χ3v) is 6.00. The summed E-state index contributed by atoms with van der Waals surface area (Å²) in [6.45, 7) is 3.34. The van der Waals surface area contributed by atoms with Crippen molar-refractivity contribution in [2.45, 2.75) is 5.16 Å². The first-order chi connectivity index (χ1) is 14.1. The number of thioether (sulfide) groups is 1. The molecule has 3 heterocycles. The Hall–Kier alpha value is -2.42. The summed E-state index contributed by atoms with van der Waals surface area (Å²) in [6, 6.07) is 11.3. The summed E-state index contributed by atoms with van der Waals surface area (Å²) in [6.07, 6.45) is 3.44. The lowest BCUT2D eigenvalue weighted by molar-refractivity contribution is -0.129. The predicted octanol–water partition coefficient (Wildman–Crippen LogP) is 2.85. The van der Waals surface area contributed by atoms with Crippen molar-refractivity contribution in [1.82, 2.24) is 29.5 Å². The van der Waals surface area contributed by atoms with E-state index in [0.717, 1.165) is 37.4 Å². The highest BCUT2D eigenvalue weighted by Crippen LogP contribution is 2.28. The lowest BCUT2D eigenvalue weighted by Crippen LogP contribution is -2.47. The fraction of sp³-hybridized carbons (Fsp3) is 0.300. The molecule has 9 heteroatoms. The maximum absolute atomic E-state index is 12.7. The van der Waals surface area contributed by atoms with Gasteiger partial charge >= 0.3 is 0 Å². The molecule has 0 saturated carbocycles. The van der Waals surface area contributed by atoms with E-state index in [1.54, 1.807) is 12.4 Å². The van der Waals surface area contributed by atoms with Crippen molar-refractivity contribution in [3.63, 3.8) is 0 Å². The SMILES string of the molecule is CN1CCN(C(=O)CSc2nnc(-c3ccncc3)n2-c2ccc(Cl)cc2)CC1. The number of halogens is 1. The third kappa shape index (κ3) is 4.60.